The van der Waals surface area contributed by atoms with Gasteiger partial charge in [0.1, 0.15) is 18.1 Å². The maximum absolute atomic E-state index is 11.2. The van der Waals surface area contributed by atoms with Gasteiger partial charge in [0.2, 0.25) is 0 Å². The first-order valence-corrected chi connectivity index (χ1v) is 10.4. The average Bonchev–Trinajstić information content (AvgIpc) is 2.70. The van der Waals surface area contributed by atoms with E-state index in [1.54, 1.807) is 12.1 Å². The maximum Gasteiger partial charge on any atom is 0.125 e. The quantitative estimate of drug-likeness (QED) is 0.702. The summed E-state index contributed by atoms with van der Waals surface area (Å²) in [5.41, 5.74) is 1.55. The molecule has 152 valence electrons. The predicted molar refractivity (Wildman–Crippen MR) is 113 cm³/mol. The van der Waals surface area contributed by atoms with Crippen LogP contribution in [0.4, 0.5) is 0 Å². The molecular formula is C24H33NO3. The molecule has 2 aromatic rings. The standard InChI is InChI=1S/C24H33NO3/c1-24(2,18-19-10-12-20(26)13-11-19)23(27)21-8-4-5-9-22(21)28-17-16-25-14-6-3-7-15-25/h4-5,8-13,23,26-27H,3,6-7,14-18H2,1-2H3. The molecule has 4 nitrogen and oxygen atoms in total. The molecule has 0 saturated carbocycles. The van der Waals surface area contributed by atoms with Gasteiger partial charge in [-0.1, -0.05) is 50.6 Å². The first kappa shape index (κ1) is 20.7. The van der Waals surface area contributed by atoms with Gasteiger partial charge in [-0.25, -0.2) is 0 Å². The Morgan fingerprint density at radius 2 is 1.68 bits per heavy atom. The lowest BCUT2D eigenvalue weighted by molar-refractivity contribution is 0.0464. The minimum atomic E-state index is -0.646. The van der Waals surface area contributed by atoms with Crippen LogP contribution in [0.25, 0.3) is 0 Å². The highest BCUT2D eigenvalue weighted by Gasteiger charge is 2.31. The highest BCUT2D eigenvalue weighted by Crippen LogP contribution is 2.40. The van der Waals surface area contributed by atoms with Crippen LogP contribution in [0.1, 0.15) is 50.3 Å². The predicted octanol–water partition coefficient (Wildman–Crippen LogP) is 4.56. The molecule has 0 aliphatic carbocycles. The van der Waals surface area contributed by atoms with E-state index in [1.165, 1.54) is 19.3 Å². The SMILES string of the molecule is CC(C)(Cc1ccc(O)cc1)C(O)c1ccccc1OCCN1CCCCC1. The van der Waals surface area contributed by atoms with Crippen molar-refractivity contribution < 1.29 is 14.9 Å². The van der Waals surface area contributed by atoms with Gasteiger partial charge in [-0.15, -0.1) is 0 Å². The summed E-state index contributed by atoms with van der Waals surface area (Å²) in [4.78, 5) is 2.46. The van der Waals surface area contributed by atoms with E-state index in [1.807, 2.05) is 36.4 Å². The van der Waals surface area contributed by atoms with Crippen molar-refractivity contribution in [1.82, 2.24) is 4.90 Å². The summed E-state index contributed by atoms with van der Waals surface area (Å²) in [7, 11) is 0. The van der Waals surface area contributed by atoms with Crippen LogP contribution in [0.5, 0.6) is 11.5 Å². The molecule has 2 aromatic carbocycles. The number of likely N-dealkylation sites (tertiary alicyclic amines) is 1. The number of ether oxygens (including phenoxy) is 1. The summed E-state index contributed by atoms with van der Waals surface area (Å²) in [6.45, 7) is 8.02. The van der Waals surface area contributed by atoms with Crippen LogP contribution < -0.4 is 4.74 Å². The number of aromatic hydroxyl groups is 1. The molecule has 28 heavy (non-hydrogen) atoms. The van der Waals surface area contributed by atoms with Crippen LogP contribution in [0.3, 0.4) is 0 Å². The molecule has 1 atom stereocenters. The molecule has 1 unspecified atom stereocenters. The number of phenolic OH excluding ortho intramolecular Hbond substituents is 1. The molecule has 0 bridgehead atoms. The van der Waals surface area contributed by atoms with Crippen molar-refractivity contribution in [2.75, 3.05) is 26.2 Å². The molecule has 1 heterocycles. The third kappa shape index (κ3) is 5.49. The Morgan fingerprint density at radius 1 is 1.00 bits per heavy atom. The van der Waals surface area contributed by atoms with Gasteiger partial charge in [-0.2, -0.15) is 0 Å². The van der Waals surface area contributed by atoms with Gasteiger partial charge in [0, 0.05) is 12.1 Å². The van der Waals surface area contributed by atoms with Crippen molar-refractivity contribution in [1.29, 1.82) is 0 Å². The summed E-state index contributed by atoms with van der Waals surface area (Å²) in [5, 5.41) is 20.6. The highest BCUT2D eigenvalue weighted by molar-refractivity contribution is 5.36. The zero-order valence-corrected chi connectivity index (χ0v) is 17.1. The molecule has 4 heteroatoms. The van der Waals surface area contributed by atoms with Gasteiger partial charge in [0.25, 0.3) is 0 Å². The second kappa shape index (κ2) is 9.44. The fourth-order valence-electron chi connectivity index (χ4n) is 3.96. The Bertz CT molecular complexity index is 736. The zero-order valence-electron chi connectivity index (χ0n) is 17.1. The highest BCUT2D eigenvalue weighted by atomic mass is 16.5. The van der Waals surface area contributed by atoms with Crippen LogP contribution in [-0.2, 0) is 6.42 Å². The number of para-hydroxylation sites is 1. The van der Waals surface area contributed by atoms with E-state index < -0.39 is 6.10 Å². The molecule has 2 N–H and O–H groups in total. The van der Waals surface area contributed by atoms with Gasteiger partial charge in [0.15, 0.2) is 0 Å². The number of hydrogen-bond acceptors (Lipinski definition) is 4. The molecule has 1 aliphatic rings. The normalized spacial score (nSPS) is 16.7. The van der Waals surface area contributed by atoms with Crippen LogP contribution in [0, 0.1) is 5.41 Å². The van der Waals surface area contributed by atoms with Crippen molar-refractivity contribution in [2.45, 2.75) is 45.6 Å². The number of piperidine rings is 1. The van der Waals surface area contributed by atoms with Gasteiger partial charge in [-0.3, -0.25) is 4.90 Å². The largest absolute Gasteiger partial charge is 0.508 e. The van der Waals surface area contributed by atoms with Gasteiger partial charge < -0.3 is 14.9 Å². The summed E-state index contributed by atoms with van der Waals surface area (Å²) in [6, 6.07) is 15.0. The zero-order chi connectivity index (χ0) is 20.0. The van der Waals surface area contributed by atoms with Crippen molar-refractivity contribution in [3.05, 3.63) is 59.7 Å². The van der Waals surface area contributed by atoms with Crippen LogP contribution in [0.2, 0.25) is 0 Å². The smallest absolute Gasteiger partial charge is 0.125 e. The minimum Gasteiger partial charge on any atom is -0.508 e. The lowest BCUT2D eigenvalue weighted by Crippen LogP contribution is -2.33. The third-order valence-electron chi connectivity index (χ3n) is 5.66. The first-order valence-electron chi connectivity index (χ1n) is 10.4. The van der Waals surface area contributed by atoms with E-state index in [0.29, 0.717) is 13.0 Å². The summed E-state index contributed by atoms with van der Waals surface area (Å²) < 4.78 is 6.09. The van der Waals surface area contributed by atoms with E-state index in [0.717, 1.165) is 36.5 Å². The van der Waals surface area contributed by atoms with E-state index >= 15 is 0 Å². The number of aliphatic hydroxyl groups excluding tert-OH is 1. The van der Waals surface area contributed by atoms with Crippen LogP contribution in [0.15, 0.2) is 48.5 Å². The molecule has 0 spiro atoms. The number of benzene rings is 2. The van der Waals surface area contributed by atoms with Crippen molar-refractivity contribution in [2.24, 2.45) is 5.41 Å². The third-order valence-corrected chi connectivity index (χ3v) is 5.66. The Labute approximate surface area is 168 Å². The summed E-state index contributed by atoms with van der Waals surface area (Å²) >= 11 is 0. The topological polar surface area (TPSA) is 52.9 Å². The number of hydrogen-bond donors (Lipinski definition) is 2. The summed E-state index contributed by atoms with van der Waals surface area (Å²) in [5.74, 6) is 1.03. The van der Waals surface area contributed by atoms with Crippen molar-refractivity contribution in [3.63, 3.8) is 0 Å². The lowest BCUT2D eigenvalue weighted by Gasteiger charge is -2.32. The average molecular weight is 384 g/mol. The van der Waals surface area contributed by atoms with E-state index in [4.69, 9.17) is 4.74 Å². The lowest BCUT2D eigenvalue weighted by atomic mass is 9.77. The fourth-order valence-corrected chi connectivity index (χ4v) is 3.96. The van der Waals surface area contributed by atoms with Crippen molar-refractivity contribution in [3.8, 4) is 11.5 Å². The van der Waals surface area contributed by atoms with Gasteiger partial charge >= 0.3 is 0 Å². The second-order valence-electron chi connectivity index (χ2n) is 8.52. The molecule has 0 radical (unpaired) electrons. The van der Waals surface area contributed by atoms with Crippen LogP contribution in [-0.4, -0.2) is 41.4 Å². The second-order valence-corrected chi connectivity index (χ2v) is 8.52. The van der Waals surface area contributed by atoms with E-state index in [-0.39, 0.29) is 11.2 Å². The minimum absolute atomic E-state index is 0.259. The Hall–Kier alpha value is -2.04. The van der Waals surface area contributed by atoms with Crippen molar-refractivity contribution >= 4 is 0 Å². The molecule has 3 rings (SSSR count). The molecular weight excluding hydrogens is 350 g/mol. The number of nitrogens with zero attached hydrogens (tertiary/aromatic N) is 1. The van der Waals surface area contributed by atoms with Gasteiger partial charge in [-0.05, 0) is 61.5 Å². The molecule has 0 aromatic heterocycles. The van der Waals surface area contributed by atoms with E-state index in [2.05, 4.69) is 18.7 Å². The van der Waals surface area contributed by atoms with Gasteiger partial charge in [0.05, 0.1) is 6.10 Å². The Kier molecular flexibility index (Phi) is 6.97. The number of aliphatic hydroxyl groups is 1. The molecule has 0 amide bonds. The van der Waals surface area contributed by atoms with E-state index in [9.17, 15) is 10.2 Å². The monoisotopic (exact) mass is 383 g/mol. The maximum atomic E-state index is 11.2. The Balaban J connectivity index is 1.65. The fraction of sp³-hybridized carbons (Fsp3) is 0.500. The summed E-state index contributed by atoms with van der Waals surface area (Å²) in [6.07, 6.45) is 3.95. The number of phenols is 1. The first-order chi connectivity index (χ1) is 13.5. The Morgan fingerprint density at radius 3 is 2.39 bits per heavy atom. The van der Waals surface area contributed by atoms with Crippen LogP contribution >= 0.6 is 0 Å². The molecule has 1 fully saturated rings. The molecule has 1 saturated heterocycles. The number of rotatable bonds is 8. The molecule has 1 aliphatic heterocycles.